The molecule has 2 atom stereocenters. The zero-order valence-electron chi connectivity index (χ0n) is 17.3. The first-order chi connectivity index (χ1) is 14.1. The fourth-order valence-electron chi connectivity index (χ4n) is 3.05. The SMILES string of the molecule is CNc1cn(C(C)/C(=C/C=N)C(=N)OC)nc1F.NC(C=O)C1CCC(F)(F)CC1. The number of nitrogens with one attached hydrogen (secondary N) is 3. The van der Waals surface area contributed by atoms with Crippen LogP contribution in [0.2, 0.25) is 0 Å². The summed E-state index contributed by atoms with van der Waals surface area (Å²) in [5, 5.41) is 21.1. The second-order valence-electron chi connectivity index (χ2n) is 6.97. The zero-order valence-corrected chi connectivity index (χ0v) is 17.3. The summed E-state index contributed by atoms with van der Waals surface area (Å²) in [6, 6.07) is -0.961. The van der Waals surface area contributed by atoms with Gasteiger partial charge in [-0.1, -0.05) is 0 Å². The van der Waals surface area contributed by atoms with Gasteiger partial charge in [-0.3, -0.25) is 10.1 Å². The van der Waals surface area contributed by atoms with Crippen LogP contribution in [0.25, 0.3) is 0 Å². The zero-order chi connectivity index (χ0) is 22.9. The lowest BCUT2D eigenvalue weighted by molar-refractivity contribution is -0.111. The van der Waals surface area contributed by atoms with Gasteiger partial charge in [-0.25, -0.2) is 8.78 Å². The van der Waals surface area contributed by atoms with Crippen LogP contribution in [0, 0.1) is 22.7 Å². The molecule has 8 nitrogen and oxygen atoms in total. The van der Waals surface area contributed by atoms with Gasteiger partial charge in [-0.15, -0.1) is 5.10 Å². The van der Waals surface area contributed by atoms with Crippen LogP contribution in [0.1, 0.15) is 38.6 Å². The summed E-state index contributed by atoms with van der Waals surface area (Å²) >= 11 is 0. The Balaban J connectivity index is 0.000000325. The number of aromatic nitrogens is 2. The van der Waals surface area contributed by atoms with Crippen molar-refractivity contribution in [3.05, 3.63) is 23.8 Å². The van der Waals surface area contributed by atoms with Crippen molar-refractivity contribution in [3.8, 4) is 0 Å². The highest BCUT2D eigenvalue weighted by molar-refractivity contribution is 5.95. The molecule has 30 heavy (non-hydrogen) atoms. The quantitative estimate of drug-likeness (QED) is 0.300. The third-order valence-corrected chi connectivity index (χ3v) is 5.00. The first-order valence-corrected chi connectivity index (χ1v) is 9.44. The van der Waals surface area contributed by atoms with Crippen molar-refractivity contribution >= 4 is 24.1 Å². The fourth-order valence-corrected chi connectivity index (χ4v) is 3.05. The lowest BCUT2D eigenvalue weighted by Crippen LogP contribution is -2.37. The van der Waals surface area contributed by atoms with Crippen molar-refractivity contribution in [2.75, 3.05) is 19.5 Å². The van der Waals surface area contributed by atoms with Crippen molar-refractivity contribution in [3.63, 3.8) is 0 Å². The molecule has 2 unspecified atom stereocenters. The van der Waals surface area contributed by atoms with E-state index in [2.05, 4.69) is 10.4 Å². The molecule has 1 heterocycles. The van der Waals surface area contributed by atoms with Crippen LogP contribution in [-0.2, 0) is 9.53 Å². The van der Waals surface area contributed by atoms with E-state index in [1.54, 1.807) is 14.0 Å². The molecule has 0 aromatic carbocycles. The maximum atomic E-state index is 13.4. The van der Waals surface area contributed by atoms with Gasteiger partial charge in [0.2, 0.25) is 11.8 Å². The first-order valence-electron chi connectivity index (χ1n) is 9.44. The summed E-state index contributed by atoms with van der Waals surface area (Å²) in [4.78, 5) is 10.3. The maximum Gasteiger partial charge on any atom is 0.255 e. The summed E-state index contributed by atoms with van der Waals surface area (Å²) in [6.07, 6.45) is 5.11. The Morgan fingerprint density at radius 2 is 2.07 bits per heavy atom. The van der Waals surface area contributed by atoms with Gasteiger partial charge in [0.15, 0.2) is 0 Å². The van der Waals surface area contributed by atoms with Crippen molar-refractivity contribution in [1.29, 1.82) is 10.8 Å². The largest absolute Gasteiger partial charge is 0.481 e. The highest BCUT2D eigenvalue weighted by Crippen LogP contribution is 2.36. The van der Waals surface area contributed by atoms with Gasteiger partial charge < -0.3 is 26.0 Å². The summed E-state index contributed by atoms with van der Waals surface area (Å²) in [5.74, 6) is -3.25. The van der Waals surface area contributed by atoms with Crippen molar-refractivity contribution in [2.45, 2.75) is 50.6 Å². The second-order valence-corrected chi connectivity index (χ2v) is 6.97. The van der Waals surface area contributed by atoms with Gasteiger partial charge >= 0.3 is 0 Å². The Bertz CT molecular complexity index is 755. The predicted molar refractivity (Wildman–Crippen MR) is 109 cm³/mol. The summed E-state index contributed by atoms with van der Waals surface area (Å²) in [5.41, 5.74) is 6.14. The Morgan fingerprint density at radius 1 is 1.47 bits per heavy atom. The van der Waals surface area contributed by atoms with E-state index in [9.17, 15) is 18.0 Å². The van der Waals surface area contributed by atoms with Crippen LogP contribution in [0.3, 0.4) is 0 Å². The van der Waals surface area contributed by atoms with Crippen LogP contribution in [-0.4, -0.2) is 54.3 Å². The topological polar surface area (TPSA) is 130 Å². The van der Waals surface area contributed by atoms with Gasteiger partial charge in [0.1, 0.15) is 12.0 Å². The average molecular weight is 430 g/mol. The molecule has 0 radical (unpaired) electrons. The molecular weight excluding hydrogens is 401 g/mol. The number of anilines is 1. The van der Waals surface area contributed by atoms with E-state index >= 15 is 0 Å². The van der Waals surface area contributed by atoms with E-state index in [1.807, 2.05) is 0 Å². The number of rotatable bonds is 7. The molecule has 1 fully saturated rings. The molecule has 11 heteroatoms. The molecule has 0 bridgehead atoms. The Morgan fingerprint density at radius 3 is 2.50 bits per heavy atom. The van der Waals surface area contributed by atoms with Gasteiger partial charge in [0.05, 0.1) is 25.4 Å². The number of methoxy groups -OCH3 is 1. The number of halogens is 3. The Hall–Kier alpha value is -2.69. The number of aldehydes is 1. The number of allylic oxidation sites excluding steroid dienone is 1. The molecular formula is C19H29F3N6O2. The van der Waals surface area contributed by atoms with Crippen molar-refractivity contribution in [1.82, 2.24) is 9.78 Å². The van der Waals surface area contributed by atoms with Crippen LogP contribution < -0.4 is 11.1 Å². The number of carbonyl (C=O) groups is 1. The van der Waals surface area contributed by atoms with Crippen molar-refractivity contribution < 1.29 is 22.7 Å². The maximum absolute atomic E-state index is 13.4. The van der Waals surface area contributed by atoms with Crippen molar-refractivity contribution in [2.24, 2.45) is 11.7 Å². The third-order valence-electron chi connectivity index (χ3n) is 5.00. The number of nitrogens with zero attached hydrogens (tertiary/aromatic N) is 2. The summed E-state index contributed by atoms with van der Waals surface area (Å²) < 4.78 is 44.8. The lowest BCUT2D eigenvalue weighted by Gasteiger charge is -2.29. The normalized spacial score (nSPS) is 18.4. The number of nitrogens with two attached hydrogens (primary N) is 1. The van der Waals surface area contributed by atoms with Gasteiger partial charge in [-0.2, -0.15) is 4.39 Å². The molecule has 168 valence electrons. The molecule has 0 aliphatic heterocycles. The van der Waals surface area contributed by atoms with Crippen LogP contribution >= 0.6 is 0 Å². The number of alkyl halides is 2. The first kappa shape index (κ1) is 25.3. The fraction of sp³-hybridized carbons (Fsp3) is 0.579. The van der Waals surface area contributed by atoms with Crippen LogP contribution in [0.15, 0.2) is 17.8 Å². The Labute approximate surface area is 173 Å². The smallest absolute Gasteiger partial charge is 0.255 e. The Kier molecular flexibility index (Phi) is 9.70. The molecule has 0 spiro atoms. The standard InChI is InChI=1S/C11H16FN5O.C8H13F2NO/c1-7(8(4-5-13)11(14)18-3)17-6-9(15-2)10(12)16-17;9-8(10)3-1-6(2-4-8)7(11)5-12/h4-7,13-15H,1-3H3;5-7H,1-4,11H2/b8-4-,13-5?,14-11?;. The molecule has 0 saturated heterocycles. The van der Waals surface area contributed by atoms with E-state index in [4.69, 9.17) is 21.3 Å². The predicted octanol–water partition coefficient (Wildman–Crippen LogP) is 3.16. The van der Waals surface area contributed by atoms with E-state index in [0.29, 0.717) is 24.7 Å². The molecule has 1 aliphatic carbocycles. The third kappa shape index (κ3) is 6.97. The van der Waals surface area contributed by atoms with E-state index in [-0.39, 0.29) is 30.3 Å². The number of hydrogen-bond acceptors (Lipinski definition) is 7. The van der Waals surface area contributed by atoms with E-state index < -0.39 is 24.0 Å². The monoisotopic (exact) mass is 430 g/mol. The average Bonchev–Trinajstić information content (AvgIpc) is 3.11. The summed E-state index contributed by atoms with van der Waals surface area (Å²) in [6.45, 7) is 1.74. The lowest BCUT2D eigenvalue weighted by atomic mass is 9.83. The molecule has 2 rings (SSSR count). The minimum absolute atomic E-state index is 0.0397. The van der Waals surface area contributed by atoms with Crippen LogP contribution in [0.5, 0.6) is 0 Å². The molecule has 1 aromatic rings. The minimum Gasteiger partial charge on any atom is -0.481 e. The molecule has 1 aromatic heterocycles. The van der Waals surface area contributed by atoms with E-state index in [0.717, 1.165) is 6.21 Å². The molecule has 0 amide bonds. The van der Waals surface area contributed by atoms with Gasteiger partial charge in [0.25, 0.3) is 5.95 Å². The summed E-state index contributed by atoms with van der Waals surface area (Å²) in [7, 11) is 2.97. The minimum atomic E-state index is -2.53. The number of carbonyl (C=O) groups excluding carboxylic acids is 1. The van der Waals surface area contributed by atoms with Gasteiger partial charge in [-0.05, 0) is 31.8 Å². The number of hydrogen-bond donors (Lipinski definition) is 4. The molecule has 1 aliphatic rings. The number of ether oxygens (including phenoxy) is 1. The highest BCUT2D eigenvalue weighted by atomic mass is 19.3. The van der Waals surface area contributed by atoms with Crippen LogP contribution in [0.4, 0.5) is 18.9 Å². The molecule has 5 N–H and O–H groups in total. The molecule has 1 saturated carbocycles. The van der Waals surface area contributed by atoms with Gasteiger partial charge in [0, 0.05) is 31.7 Å². The van der Waals surface area contributed by atoms with E-state index in [1.165, 1.54) is 24.1 Å². The highest BCUT2D eigenvalue weighted by Gasteiger charge is 2.36. The second kappa shape index (κ2) is 11.5.